The monoisotopic (exact) mass is 205 g/mol. The minimum Gasteiger partial charge on any atom is -0.822 e. The molecule has 0 spiro atoms. The van der Waals surface area contributed by atoms with E-state index in [9.17, 15) is 0 Å². The molecule has 7 nitrogen and oxygen atoms in total. The summed E-state index contributed by atoms with van der Waals surface area (Å²) in [4.78, 5) is 25.6. The van der Waals surface area contributed by atoms with E-state index >= 15 is 0 Å². The predicted molar refractivity (Wildman–Crippen MR) is 25.6 cm³/mol. The van der Waals surface area contributed by atoms with Crippen LogP contribution in [0, 0.1) is 0 Å². The molecule has 0 radical (unpaired) electrons. The fourth-order valence-corrected chi connectivity index (χ4v) is 0. The first-order valence-electron chi connectivity index (χ1n) is 0.730. The molecule has 0 amide bonds. The Kier molecular flexibility index (Phi) is 42.6. The van der Waals surface area contributed by atoms with Gasteiger partial charge in [-0.2, -0.15) is 7.82 Å². The quantitative estimate of drug-likeness (QED) is 0.313. The zero-order valence-corrected chi connectivity index (χ0v) is 7.43. The molecular formula is H12FeN3O4P. The molecule has 0 saturated heterocycles. The fraction of sp³-hybridized carbons (Fsp3) is 0. The Morgan fingerprint density at radius 3 is 0.889 bits per heavy atom. The van der Waals surface area contributed by atoms with Crippen LogP contribution in [0.5, 0.6) is 0 Å². The summed E-state index contributed by atoms with van der Waals surface area (Å²) in [6, 6.07) is 0. The maximum atomic E-state index is 8.55. The van der Waals surface area contributed by atoms with E-state index in [4.69, 9.17) is 19.2 Å². The van der Waals surface area contributed by atoms with Gasteiger partial charge in [0.2, 0.25) is 0 Å². The molecule has 0 heterocycles. The summed E-state index contributed by atoms with van der Waals surface area (Å²) in [5.74, 6) is 0. The van der Waals surface area contributed by atoms with Crippen molar-refractivity contribution < 1.29 is 36.3 Å². The van der Waals surface area contributed by atoms with Crippen molar-refractivity contribution in [3.8, 4) is 0 Å². The summed E-state index contributed by atoms with van der Waals surface area (Å²) < 4.78 is 8.55. The van der Waals surface area contributed by atoms with E-state index < -0.39 is 7.82 Å². The van der Waals surface area contributed by atoms with Crippen LogP contribution in [-0.2, 0) is 21.6 Å². The van der Waals surface area contributed by atoms with E-state index in [1.165, 1.54) is 0 Å². The first kappa shape index (κ1) is 33.9. The topological polar surface area (TPSA) is 196 Å². The molecule has 0 aromatic rings. The maximum absolute atomic E-state index is 8.55. The molecule has 0 atom stereocenters. The number of rotatable bonds is 0. The normalized spacial score (nSPS) is 6.56. The second kappa shape index (κ2) is 11.3. The molecule has 0 aromatic carbocycles. The second-order valence-electron chi connectivity index (χ2n) is 0.447. The first-order chi connectivity index (χ1) is 2.00. The number of phosphoric acid groups is 1. The minimum atomic E-state index is -5.39. The van der Waals surface area contributed by atoms with Gasteiger partial charge in [-0.15, -0.1) is 0 Å². The van der Waals surface area contributed by atoms with Crippen LogP contribution < -0.4 is 33.1 Å². The molecule has 9 heteroatoms. The molecular weight excluding hydrogens is 193 g/mol. The van der Waals surface area contributed by atoms with Crippen molar-refractivity contribution in [3.63, 3.8) is 0 Å². The van der Waals surface area contributed by atoms with Crippen molar-refractivity contribution >= 4 is 7.82 Å². The molecule has 0 aliphatic rings. The van der Waals surface area contributed by atoms with Crippen molar-refractivity contribution in [2.45, 2.75) is 0 Å². The van der Waals surface area contributed by atoms with Crippen LogP contribution in [0.4, 0.5) is 0 Å². The third-order valence-corrected chi connectivity index (χ3v) is 0. The molecule has 0 bridgehead atoms. The van der Waals surface area contributed by atoms with Crippen molar-refractivity contribution in [3.05, 3.63) is 0 Å². The van der Waals surface area contributed by atoms with Crippen LogP contribution >= 0.6 is 7.82 Å². The van der Waals surface area contributed by atoms with Gasteiger partial charge in [0, 0.05) is 17.1 Å². The van der Waals surface area contributed by atoms with Gasteiger partial charge >= 0.3 is 0 Å². The van der Waals surface area contributed by atoms with Crippen LogP contribution in [-0.4, -0.2) is 0 Å². The van der Waals surface area contributed by atoms with Gasteiger partial charge in [0.15, 0.2) is 0 Å². The smallest absolute Gasteiger partial charge is 0 e. The first-order valence-corrected chi connectivity index (χ1v) is 2.19. The average molecular weight is 205 g/mol. The van der Waals surface area contributed by atoms with E-state index in [0.717, 1.165) is 0 Å². The second-order valence-corrected chi connectivity index (χ2v) is 1.34. The number of hydrogen-bond acceptors (Lipinski definition) is 4. The largest absolute Gasteiger partial charge is 0.822 e. The molecule has 12 N–H and O–H groups in total. The average Bonchev–Trinajstić information content (AvgIpc) is 0.722. The predicted octanol–water partition coefficient (Wildman–Crippen LogP) is -1.70. The van der Waals surface area contributed by atoms with Crippen LogP contribution in [0.2, 0.25) is 0 Å². The van der Waals surface area contributed by atoms with E-state index in [1.54, 1.807) is 0 Å². The van der Waals surface area contributed by atoms with Crippen LogP contribution in [0.15, 0.2) is 0 Å². The summed E-state index contributed by atoms with van der Waals surface area (Å²) in [5.41, 5.74) is 0. The summed E-state index contributed by atoms with van der Waals surface area (Å²) in [7, 11) is -5.39. The Labute approximate surface area is 63.3 Å². The number of quaternary nitrogens is 3. The molecule has 0 aromatic heterocycles. The Hall–Kier alpha value is 0.509. The van der Waals surface area contributed by atoms with Gasteiger partial charge < -0.3 is 37.7 Å². The van der Waals surface area contributed by atoms with E-state index in [-0.39, 0.29) is 35.5 Å². The van der Waals surface area contributed by atoms with Gasteiger partial charge in [-0.1, -0.05) is 0 Å². The van der Waals surface area contributed by atoms with Crippen molar-refractivity contribution in [2.75, 3.05) is 0 Å². The molecule has 0 aliphatic carbocycles. The molecule has 0 saturated carbocycles. The zero-order valence-electron chi connectivity index (χ0n) is 5.43. The van der Waals surface area contributed by atoms with Gasteiger partial charge in [0.05, 0.1) is 0 Å². The van der Waals surface area contributed by atoms with Crippen molar-refractivity contribution in [2.24, 2.45) is 0 Å². The van der Waals surface area contributed by atoms with Gasteiger partial charge in [-0.3, -0.25) is 0 Å². The molecule has 0 unspecified atom stereocenters. The van der Waals surface area contributed by atoms with E-state index in [0.29, 0.717) is 0 Å². The minimum absolute atomic E-state index is 0. The summed E-state index contributed by atoms with van der Waals surface area (Å²) in [5, 5.41) is 0. The van der Waals surface area contributed by atoms with Crippen LogP contribution in [0.3, 0.4) is 0 Å². The summed E-state index contributed by atoms with van der Waals surface area (Å²) in [6.45, 7) is 0. The Morgan fingerprint density at radius 1 is 0.889 bits per heavy atom. The van der Waals surface area contributed by atoms with Gasteiger partial charge in [0.25, 0.3) is 0 Å². The third kappa shape index (κ3) is 1390. The Morgan fingerprint density at radius 2 is 0.889 bits per heavy atom. The maximum Gasteiger partial charge on any atom is 0 e. The van der Waals surface area contributed by atoms with Gasteiger partial charge in [0.1, 0.15) is 0 Å². The summed E-state index contributed by atoms with van der Waals surface area (Å²) >= 11 is 0. The third-order valence-electron chi connectivity index (χ3n) is 0. The van der Waals surface area contributed by atoms with Crippen LogP contribution in [0.25, 0.3) is 0 Å². The SMILES string of the molecule is O=P([O-])([O-])[O-].[Fe].[NH4+].[NH4+].[NH4+]. The Balaban J connectivity index is -0.0000000133. The molecule has 0 aliphatic heterocycles. The van der Waals surface area contributed by atoms with Gasteiger partial charge in [-0.05, 0) is 0 Å². The van der Waals surface area contributed by atoms with E-state index in [1.807, 2.05) is 0 Å². The van der Waals surface area contributed by atoms with Gasteiger partial charge in [-0.25, -0.2) is 0 Å². The fourth-order valence-electron chi connectivity index (χ4n) is 0. The van der Waals surface area contributed by atoms with Crippen LogP contribution in [0.1, 0.15) is 0 Å². The zero-order chi connectivity index (χ0) is 4.50. The molecule has 9 heavy (non-hydrogen) atoms. The molecule has 0 rings (SSSR count). The van der Waals surface area contributed by atoms with E-state index in [2.05, 4.69) is 0 Å². The molecule has 0 fully saturated rings. The molecule has 64 valence electrons. The standard InChI is InChI=1S/Fe.3H3N.H3O4P/c;;;;1-5(2,3)4/h;3*1H3;(H3,1,2,3,4). The van der Waals surface area contributed by atoms with Crippen molar-refractivity contribution in [1.29, 1.82) is 0 Å². The Bertz CT molecular complexity index is 61.9. The number of hydrogen-bond donors (Lipinski definition) is 3. The summed E-state index contributed by atoms with van der Waals surface area (Å²) in [6.07, 6.45) is 0. The van der Waals surface area contributed by atoms with Crippen molar-refractivity contribution in [1.82, 2.24) is 18.5 Å².